The maximum absolute atomic E-state index is 10.9. The van der Waals surface area contributed by atoms with Gasteiger partial charge < -0.3 is 0 Å². The summed E-state index contributed by atoms with van der Waals surface area (Å²) in [5, 5.41) is 0. The molecule has 0 spiro atoms. The molecular weight excluding hydrogens is 251 g/mol. The zero-order valence-electron chi connectivity index (χ0n) is 10.6. The summed E-state index contributed by atoms with van der Waals surface area (Å²) in [5.41, 5.74) is 7.46. The monoisotopic (exact) mass is 271 g/mol. The van der Waals surface area contributed by atoms with Gasteiger partial charge in [0.05, 0.1) is 0 Å². The van der Waals surface area contributed by atoms with Gasteiger partial charge in [-0.3, -0.25) is 0 Å². The maximum atomic E-state index is 10.9. The second kappa shape index (κ2) is 7.71. The fourth-order valence-electron chi connectivity index (χ4n) is 2.43. The Balaban J connectivity index is 2.81. The number of hydrogen-bond acceptors (Lipinski definition) is 3. The Morgan fingerprint density at radius 3 is 3.00 bits per heavy atom. The van der Waals surface area contributed by atoms with E-state index in [0.717, 1.165) is 31.3 Å². The van der Waals surface area contributed by atoms with Crippen LogP contribution in [-0.2, 0) is 16.0 Å². The van der Waals surface area contributed by atoms with Crippen LogP contribution in [0.5, 0.6) is 0 Å². The van der Waals surface area contributed by atoms with Crippen LogP contribution in [0.25, 0.3) is 0 Å². The van der Waals surface area contributed by atoms with Gasteiger partial charge in [-0.1, -0.05) is 0 Å². The van der Waals surface area contributed by atoms with E-state index in [-0.39, 0.29) is 11.5 Å². The second-order valence-electron chi connectivity index (χ2n) is 4.42. The van der Waals surface area contributed by atoms with Gasteiger partial charge in [0.15, 0.2) is 0 Å². The first-order chi connectivity index (χ1) is 8.56. The summed E-state index contributed by atoms with van der Waals surface area (Å²) < 4.78 is 27.3. The minimum atomic E-state index is -2.08. The molecule has 1 aliphatic carbocycles. The molecule has 2 unspecified atom stereocenters. The van der Waals surface area contributed by atoms with Crippen LogP contribution in [0.1, 0.15) is 32.1 Å². The van der Waals surface area contributed by atoms with Gasteiger partial charge >= 0.3 is 111 Å². The molecule has 0 heterocycles. The zero-order valence-corrected chi connectivity index (χ0v) is 11.5. The Morgan fingerprint density at radius 2 is 2.44 bits per heavy atom. The summed E-state index contributed by atoms with van der Waals surface area (Å²) in [6, 6.07) is 0. The Bertz CT molecular complexity index is 360. The number of rotatable bonds is 7. The van der Waals surface area contributed by atoms with Gasteiger partial charge in [0.25, 0.3) is 0 Å². The van der Waals surface area contributed by atoms with Crippen molar-refractivity contribution in [1.29, 1.82) is 0 Å². The van der Waals surface area contributed by atoms with Gasteiger partial charge in [-0.2, -0.15) is 0 Å². The van der Waals surface area contributed by atoms with Crippen molar-refractivity contribution in [2.75, 3.05) is 13.7 Å². The number of methoxy groups -OCH3 is 1. The van der Waals surface area contributed by atoms with Crippen molar-refractivity contribution < 1.29 is 13.5 Å². The van der Waals surface area contributed by atoms with E-state index in [1.54, 1.807) is 7.11 Å². The average Bonchev–Trinajstić information content (AvgIpc) is 2.28. The van der Waals surface area contributed by atoms with Crippen molar-refractivity contribution >= 4 is 24.3 Å². The number of nitrogens with one attached hydrogen (secondary N) is 1. The van der Waals surface area contributed by atoms with Crippen molar-refractivity contribution in [1.82, 2.24) is 4.72 Å². The summed E-state index contributed by atoms with van der Waals surface area (Å²) in [6.45, 7) is 0.697. The summed E-state index contributed by atoms with van der Waals surface area (Å²) in [7, 11) is 7.38. The number of hydrogen-bond donors (Lipinski definition) is 3. The minimum absolute atomic E-state index is 0.241. The molecule has 1 rings (SSSR count). The van der Waals surface area contributed by atoms with Crippen LogP contribution in [0.2, 0.25) is 0 Å². The van der Waals surface area contributed by atoms with Crippen LogP contribution in [0.15, 0.2) is 11.3 Å². The quantitative estimate of drug-likeness (QED) is 0.356. The summed E-state index contributed by atoms with van der Waals surface area (Å²) >= 11 is -2.08. The first kappa shape index (κ1) is 15.4. The fourth-order valence-corrected chi connectivity index (χ4v) is 2.86. The molecular formula is C11H20BN2O3S. The van der Waals surface area contributed by atoms with Crippen LogP contribution in [0, 0.1) is 5.92 Å². The van der Waals surface area contributed by atoms with Crippen LogP contribution < -0.4 is 10.5 Å². The van der Waals surface area contributed by atoms with Crippen molar-refractivity contribution in [3.63, 3.8) is 0 Å². The molecule has 7 heteroatoms. The summed E-state index contributed by atoms with van der Waals surface area (Å²) in [4.78, 5) is 0. The van der Waals surface area contributed by atoms with Gasteiger partial charge in [-0.05, 0) is 0 Å². The van der Waals surface area contributed by atoms with E-state index >= 15 is 0 Å². The van der Waals surface area contributed by atoms with Gasteiger partial charge in [-0.15, -0.1) is 0 Å². The van der Waals surface area contributed by atoms with E-state index in [4.69, 9.17) is 22.5 Å². The third kappa shape index (κ3) is 4.55. The van der Waals surface area contributed by atoms with Gasteiger partial charge in [-0.25, -0.2) is 0 Å². The average molecular weight is 271 g/mol. The molecule has 0 bridgehead atoms. The summed E-state index contributed by atoms with van der Waals surface area (Å²) in [6.07, 6.45) is 4.52. The Morgan fingerprint density at radius 1 is 1.72 bits per heavy atom. The van der Waals surface area contributed by atoms with Crippen LogP contribution in [-0.4, -0.2) is 35.6 Å². The molecule has 0 aromatic carbocycles. The molecule has 18 heavy (non-hydrogen) atoms. The molecule has 101 valence electrons. The summed E-state index contributed by atoms with van der Waals surface area (Å²) in [5.74, 6) is 0.241. The van der Waals surface area contributed by atoms with Crippen LogP contribution >= 0.6 is 0 Å². The van der Waals surface area contributed by atoms with Gasteiger partial charge in [0, 0.05) is 0 Å². The predicted octanol–water partition coefficient (Wildman–Crippen LogP) is 0.451. The van der Waals surface area contributed by atoms with E-state index < -0.39 is 11.3 Å². The van der Waals surface area contributed by atoms with E-state index in [1.165, 1.54) is 0 Å². The molecule has 2 atom stereocenters. The number of ether oxygens (including phenoxy) is 1. The van der Waals surface area contributed by atoms with Crippen molar-refractivity contribution in [2.45, 2.75) is 32.1 Å². The first-order valence-corrected chi connectivity index (χ1v) is 7.14. The fraction of sp³-hybridized carbons (Fsp3) is 0.727. The standard InChI is InChI=1S/C11H20BN2O3S/c1-17-7-3-5-8-4-2-6-9(14-18(15)16)10(8)11(12)13/h8,14H,2-7,13H2,1H3,(H,15,16). The van der Waals surface area contributed by atoms with E-state index in [0.29, 0.717) is 18.7 Å². The third-order valence-corrected chi connectivity index (χ3v) is 3.56. The topological polar surface area (TPSA) is 84.6 Å². The van der Waals surface area contributed by atoms with Crippen LogP contribution in [0.3, 0.4) is 0 Å². The molecule has 0 saturated carbocycles. The predicted molar refractivity (Wildman–Crippen MR) is 74.3 cm³/mol. The molecule has 0 saturated heterocycles. The van der Waals surface area contributed by atoms with Crippen molar-refractivity contribution in [3.05, 3.63) is 11.3 Å². The van der Waals surface area contributed by atoms with Crippen molar-refractivity contribution in [2.24, 2.45) is 11.7 Å². The molecule has 4 N–H and O–H groups in total. The number of nitrogens with two attached hydrogens (primary N) is 1. The molecule has 1 radical (unpaired) electrons. The Labute approximate surface area is 112 Å². The molecule has 0 fully saturated rings. The van der Waals surface area contributed by atoms with Gasteiger partial charge in [0.2, 0.25) is 0 Å². The molecule has 0 amide bonds. The van der Waals surface area contributed by atoms with E-state index in [9.17, 15) is 4.21 Å². The normalized spacial score (nSPS) is 21.7. The Kier molecular flexibility index (Phi) is 6.60. The molecule has 1 aliphatic rings. The Hall–Kier alpha value is -0.655. The molecule has 0 aromatic heterocycles. The van der Waals surface area contributed by atoms with Gasteiger partial charge in [0.1, 0.15) is 0 Å². The number of allylic oxidation sites excluding steroid dienone is 1. The van der Waals surface area contributed by atoms with Crippen LogP contribution in [0.4, 0.5) is 0 Å². The van der Waals surface area contributed by atoms with Crippen molar-refractivity contribution in [3.8, 4) is 0 Å². The van der Waals surface area contributed by atoms with E-state index in [1.807, 2.05) is 0 Å². The zero-order chi connectivity index (χ0) is 13.5. The molecule has 5 nitrogen and oxygen atoms in total. The first-order valence-electron chi connectivity index (χ1n) is 6.04. The molecule has 0 aliphatic heterocycles. The third-order valence-electron chi connectivity index (χ3n) is 3.14. The van der Waals surface area contributed by atoms with E-state index in [2.05, 4.69) is 4.72 Å². The second-order valence-corrected chi connectivity index (χ2v) is 5.13. The molecule has 0 aromatic rings. The SMILES string of the molecule is [B]=C(N)C1=C(NS(=O)O)CCCC1CCCOC.